The zero-order valence-electron chi connectivity index (χ0n) is 15.7. The molecule has 1 N–H and O–H groups in total. The minimum Gasteiger partial charge on any atom is -0.454 e. The van der Waals surface area contributed by atoms with Gasteiger partial charge in [0.05, 0.1) is 12.2 Å². The van der Waals surface area contributed by atoms with Crippen molar-refractivity contribution in [3.05, 3.63) is 0 Å². The van der Waals surface area contributed by atoms with E-state index in [1.54, 1.807) is 18.7 Å². The molecule has 0 aromatic rings. The molecule has 0 aliphatic carbocycles. The monoisotopic (exact) mass is 369 g/mol. The largest absolute Gasteiger partial charge is 0.454 e. The highest BCUT2D eigenvalue weighted by molar-refractivity contribution is 6.08. The first-order valence-electron chi connectivity index (χ1n) is 8.95. The lowest BCUT2D eigenvalue weighted by Gasteiger charge is -2.35. The summed E-state index contributed by atoms with van der Waals surface area (Å²) in [5.74, 6) is -1.56. The Bertz CT molecular complexity index is 579. The summed E-state index contributed by atoms with van der Waals surface area (Å²) < 4.78 is 10.5. The minimum absolute atomic E-state index is 0.0828. The van der Waals surface area contributed by atoms with E-state index in [2.05, 4.69) is 5.32 Å². The zero-order chi connectivity index (χ0) is 19.5. The van der Waals surface area contributed by atoms with Gasteiger partial charge in [-0.1, -0.05) is 13.8 Å². The summed E-state index contributed by atoms with van der Waals surface area (Å²) >= 11 is 0. The summed E-state index contributed by atoms with van der Waals surface area (Å²) in [5.41, 5.74) is -0.965. The van der Waals surface area contributed by atoms with Crippen molar-refractivity contribution in [1.29, 1.82) is 0 Å². The van der Waals surface area contributed by atoms with Gasteiger partial charge in [0.2, 0.25) is 0 Å². The maximum Gasteiger partial charge on any atom is 0.326 e. The number of rotatable bonds is 6. The predicted octanol–water partition coefficient (Wildman–Crippen LogP) is 0.276. The number of carbonyl (C=O) groups is 4. The first-order valence-corrected chi connectivity index (χ1v) is 8.95. The zero-order valence-corrected chi connectivity index (χ0v) is 15.7. The standard InChI is InChI=1S/C17H27N3O6/c1-5-17(6-2)15(23)20(16(24)18-17)9-14(22)25-10-13(21)19-7-11(3)26-12(4)8-19/h11-12H,5-10H2,1-4H3,(H,18,24)/t11-,12-/m1/s1. The molecule has 0 radical (unpaired) electrons. The van der Waals surface area contributed by atoms with Crippen LogP contribution in [0.25, 0.3) is 0 Å². The van der Waals surface area contributed by atoms with Gasteiger partial charge in [0, 0.05) is 13.1 Å². The van der Waals surface area contributed by atoms with Gasteiger partial charge in [-0.15, -0.1) is 0 Å². The average Bonchev–Trinajstić information content (AvgIpc) is 2.83. The molecule has 2 aliphatic rings. The highest BCUT2D eigenvalue weighted by Crippen LogP contribution is 2.24. The third-order valence-electron chi connectivity index (χ3n) is 4.87. The first kappa shape index (κ1) is 20.2. The molecule has 0 bridgehead atoms. The molecule has 2 fully saturated rings. The Labute approximate surface area is 153 Å². The van der Waals surface area contributed by atoms with Crippen molar-refractivity contribution >= 4 is 23.8 Å². The lowest BCUT2D eigenvalue weighted by molar-refractivity contribution is -0.158. The van der Waals surface area contributed by atoms with E-state index in [0.29, 0.717) is 25.9 Å². The number of carbonyl (C=O) groups excluding carboxylic acids is 4. The fourth-order valence-electron chi connectivity index (χ4n) is 3.34. The Morgan fingerprint density at radius 3 is 2.27 bits per heavy atom. The van der Waals surface area contributed by atoms with Gasteiger partial charge in [0.15, 0.2) is 6.61 Å². The molecule has 2 heterocycles. The topological polar surface area (TPSA) is 105 Å². The molecule has 0 aromatic heterocycles. The molecule has 0 aromatic carbocycles. The number of morpholine rings is 1. The molecular weight excluding hydrogens is 342 g/mol. The summed E-state index contributed by atoms with van der Waals surface area (Å²) in [6, 6.07) is -0.613. The Morgan fingerprint density at radius 2 is 1.77 bits per heavy atom. The van der Waals surface area contributed by atoms with E-state index in [-0.39, 0.29) is 18.1 Å². The van der Waals surface area contributed by atoms with Gasteiger partial charge < -0.3 is 19.7 Å². The molecule has 2 atom stereocenters. The van der Waals surface area contributed by atoms with Crippen molar-refractivity contribution in [3.63, 3.8) is 0 Å². The van der Waals surface area contributed by atoms with Crippen LogP contribution in [0.2, 0.25) is 0 Å². The third-order valence-corrected chi connectivity index (χ3v) is 4.87. The lowest BCUT2D eigenvalue weighted by Crippen LogP contribution is -2.49. The summed E-state index contributed by atoms with van der Waals surface area (Å²) in [7, 11) is 0. The number of esters is 1. The molecule has 146 valence electrons. The second-order valence-electron chi connectivity index (χ2n) is 6.83. The maximum absolute atomic E-state index is 12.4. The van der Waals surface area contributed by atoms with Crippen LogP contribution in [0.4, 0.5) is 4.79 Å². The molecule has 2 saturated heterocycles. The van der Waals surface area contributed by atoms with Gasteiger partial charge in [0.1, 0.15) is 12.1 Å². The molecular formula is C17H27N3O6. The fraction of sp³-hybridized carbons (Fsp3) is 0.765. The van der Waals surface area contributed by atoms with Crippen molar-refractivity contribution in [3.8, 4) is 0 Å². The molecule has 4 amide bonds. The molecule has 0 unspecified atom stereocenters. The van der Waals surface area contributed by atoms with Crippen molar-refractivity contribution in [2.75, 3.05) is 26.2 Å². The molecule has 0 saturated carbocycles. The van der Waals surface area contributed by atoms with Crippen LogP contribution in [0, 0.1) is 0 Å². The van der Waals surface area contributed by atoms with Crippen LogP contribution in [-0.2, 0) is 23.9 Å². The SMILES string of the molecule is CCC1(CC)NC(=O)N(CC(=O)OCC(=O)N2C[C@@H](C)O[C@H](C)C2)C1=O. The van der Waals surface area contributed by atoms with Gasteiger partial charge in [-0.2, -0.15) is 0 Å². The van der Waals surface area contributed by atoms with E-state index in [4.69, 9.17) is 9.47 Å². The van der Waals surface area contributed by atoms with E-state index in [9.17, 15) is 19.2 Å². The van der Waals surface area contributed by atoms with Crippen LogP contribution in [-0.4, -0.2) is 77.6 Å². The van der Waals surface area contributed by atoms with Crippen LogP contribution in [0.5, 0.6) is 0 Å². The molecule has 9 nitrogen and oxygen atoms in total. The number of amides is 4. The summed E-state index contributed by atoms with van der Waals surface area (Å²) in [4.78, 5) is 51.1. The van der Waals surface area contributed by atoms with Crippen LogP contribution >= 0.6 is 0 Å². The third kappa shape index (κ3) is 4.14. The van der Waals surface area contributed by atoms with E-state index >= 15 is 0 Å². The number of imide groups is 1. The molecule has 9 heteroatoms. The highest BCUT2D eigenvalue weighted by Gasteiger charge is 2.49. The van der Waals surface area contributed by atoms with E-state index in [0.717, 1.165) is 4.90 Å². The van der Waals surface area contributed by atoms with Crippen molar-refractivity contribution < 1.29 is 28.7 Å². The van der Waals surface area contributed by atoms with E-state index in [1.165, 1.54) is 0 Å². The van der Waals surface area contributed by atoms with Gasteiger partial charge in [-0.25, -0.2) is 4.79 Å². The van der Waals surface area contributed by atoms with E-state index < -0.39 is 36.6 Å². The summed E-state index contributed by atoms with van der Waals surface area (Å²) in [6.45, 7) is 7.27. The van der Waals surface area contributed by atoms with Crippen molar-refractivity contribution in [2.24, 2.45) is 0 Å². The molecule has 0 spiro atoms. The lowest BCUT2D eigenvalue weighted by atomic mass is 9.93. The summed E-state index contributed by atoms with van der Waals surface area (Å²) in [5, 5.41) is 2.64. The molecule has 2 rings (SSSR count). The number of ether oxygens (including phenoxy) is 2. The fourth-order valence-corrected chi connectivity index (χ4v) is 3.34. The van der Waals surface area contributed by atoms with Gasteiger partial charge in [-0.3, -0.25) is 19.3 Å². The van der Waals surface area contributed by atoms with Crippen LogP contribution < -0.4 is 5.32 Å². The van der Waals surface area contributed by atoms with E-state index in [1.807, 2.05) is 13.8 Å². The van der Waals surface area contributed by atoms with Crippen molar-refractivity contribution in [2.45, 2.75) is 58.3 Å². The number of urea groups is 1. The Balaban J connectivity index is 1.86. The Hall–Kier alpha value is -2.16. The van der Waals surface area contributed by atoms with Gasteiger partial charge in [0.25, 0.3) is 11.8 Å². The molecule has 2 aliphatic heterocycles. The van der Waals surface area contributed by atoms with Crippen LogP contribution in [0.3, 0.4) is 0 Å². The number of nitrogens with one attached hydrogen (secondary N) is 1. The predicted molar refractivity (Wildman–Crippen MR) is 91.1 cm³/mol. The average molecular weight is 369 g/mol. The maximum atomic E-state index is 12.4. The highest BCUT2D eigenvalue weighted by atomic mass is 16.5. The van der Waals surface area contributed by atoms with Gasteiger partial charge >= 0.3 is 12.0 Å². The van der Waals surface area contributed by atoms with Gasteiger partial charge in [-0.05, 0) is 26.7 Å². The molecule has 26 heavy (non-hydrogen) atoms. The minimum atomic E-state index is -0.965. The Kier molecular flexibility index (Phi) is 6.22. The summed E-state index contributed by atoms with van der Waals surface area (Å²) in [6.07, 6.45) is 0.706. The van der Waals surface area contributed by atoms with Crippen LogP contribution in [0.15, 0.2) is 0 Å². The quantitative estimate of drug-likeness (QED) is 0.532. The number of nitrogens with zero attached hydrogens (tertiary/aromatic N) is 2. The number of hydrogen-bond donors (Lipinski definition) is 1. The normalized spacial score (nSPS) is 25.2. The first-order chi connectivity index (χ1) is 12.2. The Morgan fingerprint density at radius 1 is 1.19 bits per heavy atom. The van der Waals surface area contributed by atoms with Crippen LogP contribution in [0.1, 0.15) is 40.5 Å². The smallest absolute Gasteiger partial charge is 0.326 e. The second-order valence-corrected chi connectivity index (χ2v) is 6.83. The second kappa shape index (κ2) is 8.03. The number of hydrogen-bond acceptors (Lipinski definition) is 6. The van der Waals surface area contributed by atoms with Crippen molar-refractivity contribution in [1.82, 2.24) is 15.1 Å².